The molecule has 5 nitrogen and oxygen atoms in total. The largest absolute Gasteiger partial charge is 0.371 e. The van der Waals surface area contributed by atoms with Gasteiger partial charge in [0.05, 0.1) is 17.8 Å². The molecule has 1 aliphatic rings. The van der Waals surface area contributed by atoms with E-state index in [-0.39, 0.29) is 18.1 Å². The van der Waals surface area contributed by atoms with Crippen LogP contribution >= 0.6 is 0 Å². The molecule has 22 heavy (non-hydrogen) atoms. The topological polar surface area (TPSA) is 69.1 Å². The van der Waals surface area contributed by atoms with Gasteiger partial charge in [-0.3, -0.25) is 4.79 Å². The molecule has 0 saturated carbocycles. The molecule has 1 saturated heterocycles. The average molecular weight is 303 g/mol. The minimum absolute atomic E-state index is 0.0445. The number of hydrogen-bond acceptors (Lipinski definition) is 3. The lowest BCUT2D eigenvalue weighted by Crippen LogP contribution is -2.51. The van der Waals surface area contributed by atoms with Crippen molar-refractivity contribution in [2.24, 2.45) is 5.92 Å². The van der Waals surface area contributed by atoms with Crippen molar-refractivity contribution in [2.45, 2.75) is 52.2 Å². The Bertz CT molecular complexity index is 544. The summed E-state index contributed by atoms with van der Waals surface area (Å²) in [7, 11) is 0. The van der Waals surface area contributed by atoms with Crippen LogP contribution in [0.15, 0.2) is 12.3 Å². The van der Waals surface area contributed by atoms with Crippen molar-refractivity contribution < 1.29 is 9.53 Å². The number of carbonyl (C=O) groups is 1. The molecule has 120 valence electrons. The molecule has 0 radical (unpaired) electrons. The molecule has 0 aromatic carbocycles. The first-order valence-electron chi connectivity index (χ1n) is 8.08. The van der Waals surface area contributed by atoms with Gasteiger partial charge in [-0.05, 0) is 18.4 Å². The number of aromatic amines is 1. The summed E-state index contributed by atoms with van der Waals surface area (Å²) in [6.45, 7) is 7.65. The van der Waals surface area contributed by atoms with Gasteiger partial charge in [-0.25, -0.2) is 0 Å². The lowest BCUT2D eigenvalue weighted by Gasteiger charge is -2.39. The molecule has 0 bridgehead atoms. The van der Waals surface area contributed by atoms with E-state index in [1.165, 1.54) is 0 Å². The Morgan fingerprint density at radius 2 is 2.32 bits per heavy atom. The van der Waals surface area contributed by atoms with E-state index in [4.69, 9.17) is 10.00 Å². The molecule has 1 fully saturated rings. The minimum Gasteiger partial charge on any atom is -0.371 e. The number of rotatable bonds is 5. The lowest BCUT2D eigenvalue weighted by molar-refractivity contribution is -0.0963. The Labute approximate surface area is 132 Å². The van der Waals surface area contributed by atoms with Gasteiger partial charge in [-0.1, -0.05) is 33.6 Å². The average Bonchev–Trinajstić information content (AvgIpc) is 3.00. The summed E-state index contributed by atoms with van der Waals surface area (Å²) in [6.07, 6.45) is 4.97. The third-order valence-electron chi connectivity index (χ3n) is 4.14. The number of nitriles is 1. The van der Waals surface area contributed by atoms with Crippen LogP contribution in [-0.2, 0) is 4.74 Å². The molecule has 1 aromatic rings. The molecule has 0 spiro atoms. The van der Waals surface area contributed by atoms with E-state index in [9.17, 15) is 4.79 Å². The van der Waals surface area contributed by atoms with E-state index in [0.29, 0.717) is 30.3 Å². The second kappa shape index (κ2) is 7.46. The Morgan fingerprint density at radius 3 is 2.91 bits per heavy atom. The molecule has 2 rings (SSSR count). The fourth-order valence-corrected chi connectivity index (χ4v) is 2.75. The van der Waals surface area contributed by atoms with Gasteiger partial charge in [0.25, 0.3) is 5.91 Å². The predicted molar refractivity (Wildman–Crippen MR) is 84.4 cm³/mol. The maximum Gasteiger partial charge on any atom is 0.270 e. The maximum atomic E-state index is 12.6. The molecule has 0 unspecified atom stereocenters. The third kappa shape index (κ3) is 3.89. The third-order valence-corrected chi connectivity index (χ3v) is 4.14. The van der Waals surface area contributed by atoms with Crippen molar-refractivity contribution in [1.29, 1.82) is 5.26 Å². The zero-order valence-electron chi connectivity index (χ0n) is 13.6. The number of nitrogens with one attached hydrogen (secondary N) is 1. The quantitative estimate of drug-likeness (QED) is 0.909. The summed E-state index contributed by atoms with van der Waals surface area (Å²) < 4.78 is 6.14. The van der Waals surface area contributed by atoms with Crippen LogP contribution in [0, 0.1) is 17.2 Å². The second-order valence-electron chi connectivity index (χ2n) is 6.31. The summed E-state index contributed by atoms with van der Waals surface area (Å²) in [4.78, 5) is 17.4. The van der Waals surface area contributed by atoms with Crippen LogP contribution in [0.4, 0.5) is 0 Å². The Morgan fingerprint density at radius 1 is 1.55 bits per heavy atom. The highest BCUT2D eigenvalue weighted by Crippen LogP contribution is 2.22. The number of unbranched alkanes of at least 4 members (excludes halogenated alkanes) is 1. The Balaban J connectivity index is 2.10. The van der Waals surface area contributed by atoms with Crippen molar-refractivity contribution in [3.05, 3.63) is 23.5 Å². The smallest absolute Gasteiger partial charge is 0.270 e. The van der Waals surface area contributed by atoms with Gasteiger partial charge in [-0.2, -0.15) is 5.26 Å². The van der Waals surface area contributed by atoms with E-state index in [0.717, 1.165) is 19.3 Å². The standard InChI is InChI=1S/C17H25N3O2/c1-4-5-6-14-10-20(11-16(22-14)12(2)3)17(21)15-7-13(8-18)9-19-15/h7,9,12,14,16,19H,4-6,10-11H2,1-3H3/t14-,16-/m1/s1. The Hall–Kier alpha value is -1.80. The molecular formula is C17H25N3O2. The molecular weight excluding hydrogens is 278 g/mol. The number of carbonyl (C=O) groups excluding carboxylic acids is 1. The van der Waals surface area contributed by atoms with Gasteiger partial charge in [0.1, 0.15) is 11.8 Å². The normalized spacial score (nSPS) is 21.9. The van der Waals surface area contributed by atoms with E-state index in [1.54, 1.807) is 12.3 Å². The van der Waals surface area contributed by atoms with E-state index >= 15 is 0 Å². The maximum absolute atomic E-state index is 12.6. The predicted octanol–water partition coefficient (Wildman–Crippen LogP) is 2.94. The highest BCUT2D eigenvalue weighted by Gasteiger charge is 2.32. The van der Waals surface area contributed by atoms with Crippen molar-refractivity contribution in [3.63, 3.8) is 0 Å². The summed E-state index contributed by atoms with van der Waals surface area (Å²) >= 11 is 0. The number of hydrogen-bond donors (Lipinski definition) is 1. The van der Waals surface area contributed by atoms with Gasteiger partial charge >= 0.3 is 0 Å². The van der Waals surface area contributed by atoms with E-state index < -0.39 is 0 Å². The number of H-pyrrole nitrogens is 1. The summed E-state index contributed by atoms with van der Waals surface area (Å²) in [5.41, 5.74) is 0.967. The van der Waals surface area contributed by atoms with Gasteiger partial charge in [-0.15, -0.1) is 0 Å². The highest BCUT2D eigenvalue weighted by atomic mass is 16.5. The van der Waals surface area contributed by atoms with Crippen LogP contribution in [0.2, 0.25) is 0 Å². The van der Waals surface area contributed by atoms with Crippen LogP contribution in [0.1, 0.15) is 56.1 Å². The monoisotopic (exact) mass is 303 g/mol. The molecule has 1 aromatic heterocycles. The second-order valence-corrected chi connectivity index (χ2v) is 6.31. The zero-order valence-corrected chi connectivity index (χ0v) is 13.6. The van der Waals surface area contributed by atoms with Gasteiger partial charge in [0.15, 0.2) is 0 Å². The van der Waals surface area contributed by atoms with Crippen LogP contribution < -0.4 is 0 Å². The van der Waals surface area contributed by atoms with Crippen molar-refractivity contribution in [3.8, 4) is 6.07 Å². The van der Waals surface area contributed by atoms with Crippen molar-refractivity contribution in [2.75, 3.05) is 13.1 Å². The van der Waals surface area contributed by atoms with Crippen LogP contribution in [-0.4, -0.2) is 41.1 Å². The summed E-state index contributed by atoms with van der Waals surface area (Å²) in [5, 5.41) is 8.88. The van der Waals surface area contributed by atoms with Gasteiger partial charge in [0, 0.05) is 19.3 Å². The summed E-state index contributed by atoms with van der Waals surface area (Å²) in [6, 6.07) is 3.66. The first-order valence-corrected chi connectivity index (χ1v) is 8.08. The number of morpholine rings is 1. The molecule has 2 atom stereocenters. The number of ether oxygens (including phenoxy) is 1. The molecule has 2 heterocycles. The first kappa shape index (κ1) is 16.6. The molecule has 1 N–H and O–H groups in total. The van der Waals surface area contributed by atoms with E-state index in [2.05, 4.69) is 25.8 Å². The van der Waals surface area contributed by atoms with Gasteiger partial charge < -0.3 is 14.6 Å². The first-order chi connectivity index (χ1) is 10.5. The number of aromatic nitrogens is 1. The number of amides is 1. The molecule has 1 aliphatic heterocycles. The lowest BCUT2D eigenvalue weighted by atomic mass is 10.0. The highest BCUT2D eigenvalue weighted by molar-refractivity contribution is 5.93. The van der Waals surface area contributed by atoms with E-state index in [1.807, 2.05) is 11.0 Å². The fourth-order valence-electron chi connectivity index (χ4n) is 2.75. The fraction of sp³-hybridized carbons (Fsp3) is 0.647. The van der Waals surface area contributed by atoms with Crippen LogP contribution in [0.5, 0.6) is 0 Å². The molecule has 5 heteroatoms. The van der Waals surface area contributed by atoms with Crippen molar-refractivity contribution >= 4 is 5.91 Å². The molecule has 1 amide bonds. The van der Waals surface area contributed by atoms with Crippen LogP contribution in [0.3, 0.4) is 0 Å². The minimum atomic E-state index is -0.0445. The van der Waals surface area contributed by atoms with Gasteiger partial charge in [0.2, 0.25) is 0 Å². The van der Waals surface area contributed by atoms with Crippen molar-refractivity contribution in [1.82, 2.24) is 9.88 Å². The Kier molecular flexibility index (Phi) is 5.62. The SMILES string of the molecule is CCCC[C@@H]1CN(C(=O)c2cc(C#N)c[nH]2)C[C@H](C(C)C)O1. The zero-order chi connectivity index (χ0) is 16.1. The van der Waals surface area contributed by atoms with Crippen LogP contribution in [0.25, 0.3) is 0 Å². The molecule has 0 aliphatic carbocycles. The summed E-state index contributed by atoms with van der Waals surface area (Å²) in [5.74, 6) is 0.329. The number of nitrogens with zero attached hydrogens (tertiary/aromatic N) is 2.